The minimum absolute atomic E-state index is 0.686. The number of carbonyl (C=O) groups is 1. The zero-order chi connectivity index (χ0) is 14.2. The summed E-state index contributed by atoms with van der Waals surface area (Å²) >= 11 is 3.49. The van der Waals surface area contributed by atoms with Crippen LogP contribution in [-0.2, 0) is 10.2 Å². The summed E-state index contributed by atoms with van der Waals surface area (Å²) in [5.41, 5.74) is 0.176. The third-order valence-electron chi connectivity index (χ3n) is 4.52. The minimum atomic E-state index is -0.710. The lowest BCUT2D eigenvalue weighted by Gasteiger charge is -2.25. The van der Waals surface area contributed by atoms with Crippen LogP contribution in [0.5, 0.6) is 5.75 Å². The van der Waals surface area contributed by atoms with E-state index in [1.807, 2.05) is 18.2 Å². The first-order valence-electron chi connectivity index (χ1n) is 7.28. The molecule has 2 aliphatic carbocycles. The van der Waals surface area contributed by atoms with Crippen molar-refractivity contribution in [1.29, 1.82) is 0 Å². The van der Waals surface area contributed by atoms with Crippen LogP contribution in [0.3, 0.4) is 0 Å². The number of rotatable bonds is 5. The molecule has 0 aromatic heterocycles. The molecular weight excluding hydrogens is 320 g/mol. The summed E-state index contributed by atoms with van der Waals surface area (Å²) in [7, 11) is 0. The van der Waals surface area contributed by atoms with Crippen LogP contribution in [0.1, 0.15) is 44.1 Å². The number of hydrogen-bond donors (Lipinski definition) is 1. The van der Waals surface area contributed by atoms with Crippen LogP contribution < -0.4 is 4.74 Å². The lowest BCUT2D eigenvalue weighted by atomic mass is 9.79. The molecule has 0 spiro atoms. The van der Waals surface area contributed by atoms with E-state index >= 15 is 0 Å². The van der Waals surface area contributed by atoms with Crippen LogP contribution in [0.15, 0.2) is 22.7 Å². The van der Waals surface area contributed by atoms with Crippen LogP contribution in [0.4, 0.5) is 0 Å². The van der Waals surface area contributed by atoms with Gasteiger partial charge in [0.15, 0.2) is 0 Å². The number of carboxylic acids is 1. The molecule has 3 nitrogen and oxygen atoms in total. The molecule has 0 heterocycles. The van der Waals surface area contributed by atoms with E-state index in [4.69, 9.17) is 4.74 Å². The van der Waals surface area contributed by atoms with E-state index in [2.05, 4.69) is 15.9 Å². The third kappa shape index (κ3) is 2.58. The highest BCUT2D eigenvalue weighted by molar-refractivity contribution is 9.10. The zero-order valence-corrected chi connectivity index (χ0v) is 13.0. The van der Waals surface area contributed by atoms with Crippen molar-refractivity contribution in [3.63, 3.8) is 0 Å². The summed E-state index contributed by atoms with van der Waals surface area (Å²) in [5, 5.41) is 9.65. The first kappa shape index (κ1) is 13.9. The van der Waals surface area contributed by atoms with Gasteiger partial charge in [0.25, 0.3) is 0 Å². The standard InChI is InChI=1S/C16H19BrO3/c17-13-6-5-12(9-14(13)20-10-11-3-4-11)16(15(18)19)7-1-2-8-16/h5-6,9,11H,1-4,7-8,10H2,(H,18,19). The van der Waals surface area contributed by atoms with Gasteiger partial charge in [-0.2, -0.15) is 0 Å². The number of carboxylic acid groups (broad SMARTS) is 1. The Hall–Kier alpha value is -1.03. The van der Waals surface area contributed by atoms with Crippen molar-refractivity contribution in [3.05, 3.63) is 28.2 Å². The Morgan fingerprint density at radius 3 is 2.65 bits per heavy atom. The Morgan fingerprint density at radius 2 is 2.05 bits per heavy atom. The largest absolute Gasteiger partial charge is 0.492 e. The minimum Gasteiger partial charge on any atom is -0.492 e. The van der Waals surface area contributed by atoms with Crippen molar-refractivity contribution in [2.45, 2.75) is 43.9 Å². The second-order valence-corrected chi connectivity index (χ2v) is 6.85. The normalized spacial score (nSPS) is 20.9. The fourth-order valence-electron chi connectivity index (χ4n) is 3.01. The lowest BCUT2D eigenvalue weighted by Crippen LogP contribution is -2.32. The summed E-state index contributed by atoms with van der Waals surface area (Å²) in [4.78, 5) is 11.7. The van der Waals surface area contributed by atoms with E-state index in [1.165, 1.54) is 12.8 Å². The van der Waals surface area contributed by atoms with E-state index in [9.17, 15) is 9.90 Å². The van der Waals surface area contributed by atoms with E-state index in [1.54, 1.807) is 0 Å². The number of hydrogen-bond acceptors (Lipinski definition) is 2. The summed E-state index contributed by atoms with van der Waals surface area (Å²) in [6.45, 7) is 0.738. The fourth-order valence-corrected chi connectivity index (χ4v) is 3.37. The molecule has 20 heavy (non-hydrogen) atoms. The molecule has 0 bridgehead atoms. The van der Waals surface area contributed by atoms with Crippen LogP contribution >= 0.6 is 15.9 Å². The lowest BCUT2D eigenvalue weighted by molar-refractivity contribution is -0.143. The van der Waals surface area contributed by atoms with Gasteiger partial charge < -0.3 is 9.84 Å². The van der Waals surface area contributed by atoms with Gasteiger partial charge in [-0.25, -0.2) is 0 Å². The van der Waals surface area contributed by atoms with E-state index in [0.29, 0.717) is 5.92 Å². The Balaban J connectivity index is 1.88. The highest BCUT2D eigenvalue weighted by Crippen LogP contribution is 2.43. The molecule has 1 aromatic rings. The van der Waals surface area contributed by atoms with Gasteiger partial charge in [-0.3, -0.25) is 4.79 Å². The second-order valence-electron chi connectivity index (χ2n) is 5.99. The van der Waals surface area contributed by atoms with Gasteiger partial charge in [0.05, 0.1) is 16.5 Å². The maximum absolute atomic E-state index is 11.7. The molecule has 0 aliphatic heterocycles. The average molecular weight is 339 g/mol. The number of benzene rings is 1. The summed E-state index contributed by atoms with van der Waals surface area (Å²) in [6, 6.07) is 5.76. The molecule has 2 aliphatic rings. The molecule has 0 radical (unpaired) electrons. The number of halogens is 1. The van der Waals surface area contributed by atoms with Gasteiger partial charge in [0.2, 0.25) is 0 Å². The van der Waals surface area contributed by atoms with Crippen molar-refractivity contribution in [1.82, 2.24) is 0 Å². The summed E-state index contributed by atoms with van der Waals surface area (Å²) in [6.07, 6.45) is 5.92. The first-order chi connectivity index (χ1) is 9.62. The molecule has 1 aromatic carbocycles. The van der Waals surface area contributed by atoms with Crippen LogP contribution in [-0.4, -0.2) is 17.7 Å². The number of aliphatic carboxylic acids is 1. The molecule has 0 saturated heterocycles. The van der Waals surface area contributed by atoms with E-state index in [-0.39, 0.29) is 0 Å². The van der Waals surface area contributed by atoms with Gasteiger partial charge in [-0.1, -0.05) is 18.9 Å². The highest BCUT2D eigenvalue weighted by Gasteiger charge is 2.43. The Kier molecular flexibility index (Phi) is 3.76. The van der Waals surface area contributed by atoms with Crippen molar-refractivity contribution >= 4 is 21.9 Å². The molecule has 1 N–H and O–H groups in total. The smallest absolute Gasteiger partial charge is 0.314 e. The molecule has 0 atom stereocenters. The van der Waals surface area contributed by atoms with Crippen molar-refractivity contribution in [2.75, 3.05) is 6.61 Å². The number of ether oxygens (including phenoxy) is 1. The van der Waals surface area contributed by atoms with Gasteiger partial charge in [0, 0.05) is 0 Å². The topological polar surface area (TPSA) is 46.5 Å². The first-order valence-corrected chi connectivity index (χ1v) is 8.07. The SMILES string of the molecule is O=C(O)C1(c2ccc(Br)c(OCC3CC3)c2)CCCC1. The predicted molar refractivity (Wildman–Crippen MR) is 80.1 cm³/mol. The molecular formula is C16H19BrO3. The second kappa shape index (κ2) is 5.40. The zero-order valence-electron chi connectivity index (χ0n) is 11.4. The monoisotopic (exact) mass is 338 g/mol. The van der Waals surface area contributed by atoms with E-state index < -0.39 is 11.4 Å². The van der Waals surface area contributed by atoms with E-state index in [0.717, 1.165) is 48.1 Å². The highest BCUT2D eigenvalue weighted by atomic mass is 79.9. The molecule has 108 valence electrons. The van der Waals surface area contributed by atoms with Gasteiger partial charge in [-0.05, 0) is 65.2 Å². The fraction of sp³-hybridized carbons (Fsp3) is 0.562. The quantitative estimate of drug-likeness (QED) is 0.877. The average Bonchev–Trinajstić information content (AvgIpc) is 3.12. The predicted octanol–water partition coefficient (Wildman–Crippen LogP) is 4.13. The van der Waals surface area contributed by atoms with Crippen LogP contribution in [0, 0.1) is 5.92 Å². The molecule has 2 fully saturated rings. The van der Waals surface area contributed by atoms with Crippen molar-refractivity contribution in [2.24, 2.45) is 5.92 Å². The van der Waals surface area contributed by atoms with Gasteiger partial charge >= 0.3 is 5.97 Å². The summed E-state index contributed by atoms with van der Waals surface area (Å²) < 4.78 is 6.75. The maximum atomic E-state index is 11.7. The summed E-state index contributed by atoms with van der Waals surface area (Å²) in [5.74, 6) is 0.762. The Morgan fingerprint density at radius 1 is 1.35 bits per heavy atom. The molecule has 0 amide bonds. The maximum Gasteiger partial charge on any atom is 0.314 e. The Bertz CT molecular complexity index is 516. The van der Waals surface area contributed by atoms with Crippen molar-refractivity contribution < 1.29 is 14.6 Å². The van der Waals surface area contributed by atoms with Gasteiger partial charge in [-0.15, -0.1) is 0 Å². The molecule has 0 unspecified atom stereocenters. The molecule has 4 heteroatoms. The van der Waals surface area contributed by atoms with Crippen LogP contribution in [0.25, 0.3) is 0 Å². The van der Waals surface area contributed by atoms with Crippen molar-refractivity contribution in [3.8, 4) is 5.75 Å². The molecule has 2 saturated carbocycles. The van der Waals surface area contributed by atoms with Gasteiger partial charge in [0.1, 0.15) is 5.75 Å². The Labute approximate surface area is 127 Å². The molecule has 3 rings (SSSR count). The van der Waals surface area contributed by atoms with Crippen LogP contribution in [0.2, 0.25) is 0 Å². The third-order valence-corrected chi connectivity index (χ3v) is 5.18.